The molecular weight excluding hydrogens is 473 g/mol. The Morgan fingerprint density at radius 1 is 0.757 bits per heavy atom. The number of fused-ring (bicyclic) bond motifs is 1. The van der Waals surface area contributed by atoms with Crippen LogP contribution in [0.3, 0.4) is 0 Å². The summed E-state index contributed by atoms with van der Waals surface area (Å²) in [6.45, 7) is 1.66. The van der Waals surface area contributed by atoms with Crippen LogP contribution in [0.1, 0.15) is 26.3 Å². The summed E-state index contributed by atoms with van der Waals surface area (Å²) in [7, 11) is 0. The van der Waals surface area contributed by atoms with Gasteiger partial charge in [-0.25, -0.2) is 23.9 Å². The van der Waals surface area contributed by atoms with E-state index in [1.54, 1.807) is 85.8 Å². The Morgan fingerprint density at radius 2 is 1.35 bits per heavy atom. The third kappa shape index (κ3) is 5.13. The average Bonchev–Trinajstić information content (AvgIpc) is 2.93. The number of aromatic nitrogens is 2. The Bertz CT molecular complexity index is 1610. The van der Waals surface area contributed by atoms with Crippen LogP contribution in [0.5, 0.6) is 11.5 Å². The van der Waals surface area contributed by atoms with Gasteiger partial charge in [-0.3, -0.25) is 0 Å². The largest absolute Gasteiger partial charge is 0.419 e. The maximum Gasteiger partial charge on any atom is 0.343 e. The van der Waals surface area contributed by atoms with Crippen LogP contribution in [0.25, 0.3) is 10.9 Å². The van der Waals surface area contributed by atoms with Crippen molar-refractivity contribution in [2.75, 3.05) is 5.32 Å². The molecule has 1 heterocycles. The number of halogens is 1. The standard InChI is InChI=1S/C29H20FN3O4/c1-18-9-8-14-22(26(18)30)33-27-21-15-24(36-28(34)19-10-4-2-5-11-19)25(16-23(21)31-17-32-27)37-29(35)20-12-6-3-7-13-20/h2-17H,1H3,(H,31,32,33). The number of benzene rings is 4. The van der Waals surface area contributed by atoms with E-state index in [1.165, 1.54) is 18.5 Å². The number of carbonyl (C=O) groups excluding carboxylic acids is 2. The molecule has 8 heteroatoms. The lowest BCUT2D eigenvalue weighted by Crippen LogP contribution is -2.13. The van der Waals surface area contributed by atoms with Crippen molar-refractivity contribution in [1.82, 2.24) is 9.97 Å². The van der Waals surface area contributed by atoms with Gasteiger partial charge in [-0.05, 0) is 48.9 Å². The Hall–Kier alpha value is -5.11. The van der Waals surface area contributed by atoms with Crippen LogP contribution in [0.4, 0.5) is 15.9 Å². The summed E-state index contributed by atoms with van der Waals surface area (Å²) < 4.78 is 25.9. The molecule has 7 nitrogen and oxygen atoms in total. The molecule has 0 aliphatic carbocycles. The number of ether oxygens (including phenoxy) is 2. The van der Waals surface area contributed by atoms with E-state index >= 15 is 0 Å². The second kappa shape index (κ2) is 10.2. The summed E-state index contributed by atoms with van der Waals surface area (Å²) in [6, 6.07) is 24.8. The maximum absolute atomic E-state index is 14.7. The molecule has 182 valence electrons. The average molecular weight is 493 g/mol. The van der Waals surface area contributed by atoms with E-state index in [4.69, 9.17) is 9.47 Å². The van der Waals surface area contributed by atoms with Crippen LogP contribution in [0.2, 0.25) is 0 Å². The minimum atomic E-state index is -0.645. The quantitative estimate of drug-likeness (QED) is 0.221. The smallest absolute Gasteiger partial charge is 0.343 e. The molecule has 0 atom stereocenters. The second-order valence-corrected chi connectivity index (χ2v) is 8.11. The molecule has 0 unspecified atom stereocenters. The summed E-state index contributed by atoms with van der Waals surface area (Å²) >= 11 is 0. The van der Waals surface area contributed by atoms with Crippen molar-refractivity contribution in [3.05, 3.63) is 120 Å². The minimum Gasteiger partial charge on any atom is -0.419 e. The molecule has 0 spiro atoms. The summed E-state index contributed by atoms with van der Waals surface area (Å²) in [5.41, 5.74) is 1.72. The Morgan fingerprint density at radius 3 is 1.97 bits per heavy atom. The van der Waals surface area contributed by atoms with E-state index in [-0.39, 0.29) is 23.0 Å². The number of rotatable bonds is 6. The van der Waals surface area contributed by atoms with Crippen LogP contribution >= 0.6 is 0 Å². The number of nitrogens with zero attached hydrogens (tertiary/aromatic N) is 2. The van der Waals surface area contributed by atoms with Gasteiger partial charge in [0.1, 0.15) is 18.0 Å². The van der Waals surface area contributed by atoms with Gasteiger partial charge in [-0.15, -0.1) is 0 Å². The highest BCUT2D eigenvalue weighted by molar-refractivity contribution is 5.97. The molecule has 1 N–H and O–H groups in total. The Balaban J connectivity index is 1.58. The number of nitrogens with one attached hydrogen (secondary N) is 1. The van der Waals surface area contributed by atoms with Gasteiger partial charge >= 0.3 is 11.9 Å². The van der Waals surface area contributed by atoms with E-state index in [2.05, 4.69) is 15.3 Å². The van der Waals surface area contributed by atoms with E-state index in [0.717, 1.165) is 0 Å². The van der Waals surface area contributed by atoms with Gasteiger partial charge in [0.25, 0.3) is 0 Å². The lowest BCUT2D eigenvalue weighted by atomic mass is 10.1. The van der Waals surface area contributed by atoms with Crippen molar-refractivity contribution in [1.29, 1.82) is 0 Å². The van der Waals surface area contributed by atoms with Crippen molar-refractivity contribution < 1.29 is 23.5 Å². The summed E-state index contributed by atoms with van der Waals surface area (Å²) in [4.78, 5) is 34.2. The van der Waals surface area contributed by atoms with E-state index in [9.17, 15) is 14.0 Å². The normalized spacial score (nSPS) is 10.6. The SMILES string of the molecule is Cc1cccc(Nc2ncnc3cc(OC(=O)c4ccccc4)c(OC(=O)c4ccccc4)cc23)c1F. The van der Waals surface area contributed by atoms with E-state index in [0.29, 0.717) is 27.6 Å². The Kier molecular flexibility index (Phi) is 6.54. The molecule has 0 aliphatic rings. The molecule has 5 aromatic rings. The van der Waals surface area contributed by atoms with Gasteiger partial charge in [0, 0.05) is 11.5 Å². The maximum atomic E-state index is 14.7. The lowest BCUT2D eigenvalue weighted by Gasteiger charge is -2.14. The highest BCUT2D eigenvalue weighted by Crippen LogP contribution is 2.36. The monoisotopic (exact) mass is 493 g/mol. The first kappa shape index (κ1) is 23.6. The van der Waals surface area contributed by atoms with Gasteiger partial charge < -0.3 is 14.8 Å². The third-order valence-corrected chi connectivity index (χ3v) is 5.57. The zero-order valence-electron chi connectivity index (χ0n) is 19.6. The van der Waals surface area contributed by atoms with Gasteiger partial charge in [-0.1, -0.05) is 48.5 Å². The molecule has 4 aromatic carbocycles. The number of hydrogen-bond donors (Lipinski definition) is 1. The summed E-state index contributed by atoms with van der Waals surface area (Å²) in [5.74, 6) is -1.43. The highest BCUT2D eigenvalue weighted by Gasteiger charge is 2.20. The summed E-state index contributed by atoms with van der Waals surface area (Å²) in [6.07, 6.45) is 1.30. The first-order chi connectivity index (χ1) is 18.0. The zero-order chi connectivity index (χ0) is 25.8. The molecule has 0 aliphatic heterocycles. The molecule has 0 radical (unpaired) electrons. The topological polar surface area (TPSA) is 90.4 Å². The molecule has 0 bridgehead atoms. The van der Waals surface area contributed by atoms with Crippen LogP contribution < -0.4 is 14.8 Å². The zero-order valence-corrected chi connectivity index (χ0v) is 19.6. The van der Waals surface area contributed by atoms with Crippen molar-refractivity contribution in [2.45, 2.75) is 6.92 Å². The number of carbonyl (C=O) groups is 2. The fraction of sp³-hybridized carbons (Fsp3) is 0.0345. The van der Waals surface area contributed by atoms with Crippen LogP contribution in [-0.2, 0) is 0 Å². The van der Waals surface area contributed by atoms with Crippen LogP contribution in [0.15, 0.2) is 97.3 Å². The van der Waals surface area contributed by atoms with E-state index < -0.39 is 17.8 Å². The van der Waals surface area contributed by atoms with E-state index in [1.807, 2.05) is 0 Å². The summed E-state index contributed by atoms with van der Waals surface area (Å²) in [5, 5.41) is 3.41. The molecule has 1 aromatic heterocycles. The van der Waals surface area contributed by atoms with Gasteiger partial charge in [-0.2, -0.15) is 0 Å². The van der Waals surface area contributed by atoms with Crippen LogP contribution in [-0.4, -0.2) is 21.9 Å². The number of anilines is 2. The fourth-order valence-electron chi connectivity index (χ4n) is 3.66. The van der Waals surface area contributed by atoms with Crippen LogP contribution in [0, 0.1) is 12.7 Å². The molecular formula is C29H20FN3O4. The lowest BCUT2D eigenvalue weighted by molar-refractivity contribution is 0.0683. The molecule has 0 saturated heterocycles. The first-order valence-electron chi connectivity index (χ1n) is 11.3. The van der Waals surface area contributed by atoms with Crippen molar-refractivity contribution in [3.8, 4) is 11.5 Å². The number of hydrogen-bond acceptors (Lipinski definition) is 7. The van der Waals surface area contributed by atoms with Gasteiger partial charge in [0.2, 0.25) is 0 Å². The minimum absolute atomic E-state index is 0.00276. The van der Waals surface area contributed by atoms with Crippen molar-refractivity contribution >= 4 is 34.3 Å². The van der Waals surface area contributed by atoms with Crippen molar-refractivity contribution in [2.24, 2.45) is 0 Å². The number of esters is 2. The fourth-order valence-corrected chi connectivity index (χ4v) is 3.66. The highest BCUT2D eigenvalue weighted by atomic mass is 19.1. The molecule has 0 saturated carbocycles. The Labute approximate surface area is 211 Å². The first-order valence-corrected chi connectivity index (χ1v) is 11.3. The van der Waals surface area contributed by atoms with Crippen molar-refractivity contribution in [3.63, 3.8) is 0 Å². The van der Waals surface area contributed by atoms with Gasteiger partial charge in [0.05, 0.1) is 22.3 Å². The third-order valence-electron chi connectivity index (χ3n) is 5.57. The molecule has 0 amide bonds. The number of aryl methyl sites for hydroxylation is 1. The predicted molar refractivity (Wildman–Crippen MR) is 137 cm³/mol. The molecule has 0 fully saturated rings. The predicted octanol–water partition coefficient (Wildman–Crippen LogP) is 6.26. The van der Waals surface area contributed by atoms with Gasteiger partial charge in [0.15, 0.2) is 11.5 Å². The molecule has 5 rings (SSSR count). The second-order valence-electron chi connectivity index (χ2n) is 8.11. The molecule has 37 heavy (non-hydrogen) atoms.